The SMILES string of the molecule is CCCN(Cc1csc2ccccc12)CC1CCCCN1. The summed E-state index contributed by atoms with van der Waals surface area (Å²) in [7, 11) is 0. The van der Waals surface area contributed by atoms with Crippen LogP contribution >= 0.6 is 11.3 Å². The average Bonchev–Trinajstić information content (AvgIpc) is 2.92. The third-order valence-electron chi connectivity index (χ3n) is 4.39. The van der Waals surface area contributed by atoms with E-state index < -0.39 is 0 Å². The average molecular weight is 302 g/mol. The van der Waals surface area contributed by atoms with Crippen LogP contribution in [-0.4, -0.2) is 30.6 Å². The summed E-state index contributed by atoms with van der Waals surface area (Å²) in [6.07, 6.45) is 5.30. The molecule has 0 spiro atoms. The second-order valence-electron chi connectivity index (χ2n) is 6.14. The predicted octanol–water partition coefficient (Wildman–Crippen LogP) is 4.26. The smallest absolute Gasteiger partial charge is 0.0346 e. The predicted molar refractivity (Wildman–Crippen MR) is 93.0 cm³/mol. The molecule has 1 saturated heterocycles. The molecule has 21 heavy (non-hydrogen) atoms. The van der Waals surface area contributed by atoms with Gasteiger partial charge in [0.05, 0.1) is 0 Å². The van der Waals surface area contributed by atoms with Gasteiger partial charge in [-0.3, -0.25) is 4.90 Å². The van der Waals surface area contributed by atoms with Crippen molar-refractivity contribution in [1.82, 2.24) is 10.2 Å². The summed E-state index contributed by atoms with van der Waals surface area (Å²) in [5.41, 5.74) is 1.50. The number of nitrogens with one attached hydrogen (secondary N) is 1. The van der Waals surface area contributed by atoms with Gasteiger partial charge in [0.1, 0.15) is 0 Å². The van der Waals surface area contributed by atoms with Gasteiger partial charge in [-0.1, -0.05) is 31.5 Å². The molecule has 2 heterocycles. The maximum absolute atomic E-state index is 3.69. The third kappa shape index (κ3) is 3.85. The van der Waals surface area contributed by atoms with Gasteiger partial charge >= 0.3 is 0 Å². The van der Waals surface area contributed by atoms with Crippen molar-refractivity contribution in [3.05, 3.63) is 35.2 Å². The molecule has 1 unspecified atom stereocenters. The molecule has 114 valence electrons. The molecular formula is C18H26N2S. The summed E-state index contributed by atoms with van der Waals surface area (Å²) in [5.74, 6) is 0. The molecule has 0 saturated carbocycles. The van der Waals surface area contributed by atoms with Crippen LogP contribution in [0.5, 0.6) is 0 Å². The molecule has 1 atom stereocenters. The molecular weight excluding hydrogens is 276 g/mol. The number of nitrogens with zero attached hydrogens (tertiary/aromatic N) is 1. The fourth-order valence-corrected chi connectivity index (χ4v) is 4.29. The molecule has 0 amide bonds. The van der Waals surface area contributed by atoms with Gasteiger partial charge in [0.25, 0.3) is 0 Å². The van der Waals surface area contributed by atoms with Gasteiger partial charge in [-0.25, -0.2) is 0 Å². The summed E-state index contributed by atoms with van der Waals surface area (Å²) in [6, 6.07) is 9.49. The number of thiophene rings is 1. The quantitative estimate of drug-likeness (QED) is 0.858. The normalized spacial score (nSPS) is 19.4. The number of benzene rings is 1. The fraction of sp³-hybridized carbons (Fsp3) is 0.556. The molecule has 1 aromatic heterocycles. The molecule has 0 radical (unpaired) electrons. The van der Waals surface area contributed by atoms with Crippen LogP contribution in [0.4, 0.5) is 0 Å². The van der Waals surface area contributed by atoms with Gasteiger partial charge in [0, 0.05) is 23.8 Å². The van der Waals surface area contributed by atoms with Gasteiger partial charge in [0.15, 0.2) is 0 Å². The number of hydrogen-bond acceptors (Lipinski definition) is 3. The van der Waals surface area contributed by atoms with Crippen molar-refractivity contribution in [2.45, 2.75) is 45.2 Å². The summed E-state index contributed by atoms with van der Waals surface area (Å²) in [4.78, 5) is 2.64. The molecule has 0 bridgehead atoms. The molecule has 1 aliphatic heterocycles. The van der Waals surface area contributed by atoms with E-state index in [0.717, 1.165) is 6.54 Å². The molecule has 1 fully saturated rings. The van der Waals surface area contributed by atoms with Gasteiger partial charge in [-0.05, 0) is 54.7 Å². The van der Waals surface area contributed by atoms with Crippen molar-refractivity contribution >= 4 is 21.4 Å². The van der Waals surface area contributed by atoms with E-state index in [1.54, 1.807) is 0 Å². The first-order valence-electron chi connectivity index (χ1n) is 8.27. The zero-order valence-corrected chi connectivity index (χ0v) is 13.8. The van der Waals surface area contributed by atoms with E-state index in [0.29, 0.717) is 6.04 Å². The van der Waals surface area contributed by atoms with Crippen LogP contribution in [0.15, 0.2) is 29.6 Å². The molecule has 1 aliphatic rings. The Bertz CT molecular complexity index is 557. The summed E-state index contributed by atoms with van der Waals surface area (Å²) < 4.78 is 1.42. The molecule has 2 nitrogen and oxygen atoms in total. The molecule has 3 rings (SSSR count). The van der Waals surface area contributed by atoms with Gasteiger partial charge in [-0.15, -0.1) is 11.3 Å². The van der Waals surface area contributed by atoms with Crippen LogP contribution in [0.25, 0.3) is 10.1 Å². The standard InChI is InChI=1S/C18H26N2S/c1-2-11-20(13-16-7-5-6-10-19-16)12-15-14-21-18-9-4-3-8-17(15)18/h3-4,8-9,14,16,19H,2,5-7,10-13H2,1H3. The number of fused-ring (bicyclic) bond motifs is 1. The highest BCUT2D eigenvalue weighted by molar-refractivity contribution is 7.17. The van der Waals surface area contributed by atoms with Crippen molar-refractivity contribution in [2.75, 3.05) is 19.6 Å². The largest absolute Gasteiger partial charge is 0.313 e. The Morgan fingerprint density at radius 1 is 1.29 bits per heavy atom. The van der Waals surface area contributed by atoms with Crippen molar-refractivity contribution in [3.8, 4) is 0 Å². The lowest BCUT2D eigenvalue weighted by atomic mass is 10.0. The molecule has 1 aromatic carbocycles. The van der Waals surface area contributed by atoms with Gasteiger partial charge in [-0.2, -0.15) is 0 Å². The second kappa shape index (κ2) is 7.39. The Hall–Kier alpha value is -0.900. The monoisotopic (exact) mass is 302 g/mol. The van der Waals surface area contributed by atoms with Crippen LogP contribution in [0, 0.1) is 0 Å². The number of rotatable bonds is 6. The van der Waals surface area contributed by atoms with E-state index in [1.807, 2.05) is 11.3 Å². The van der Waals surface area contributed by atoms with E-state index in [4.69, 9.17) is 0 Å². The zero-order chi connectivity index (χ0) is 14.5. The van der Waals surface area contributed by atoms with E-state index in [1.165, 1.54) is 61.0 Å². The van der Waals surface area contributed by atoms with Crippen LogP contribution in [0.3, 0.4) is 0 Å². The Morgan fingerprint density at radius 3 is 3.00 bits per heavy atom. The Kier molecular flexibility index (Phi) is 5.28. The van der Waals surface area contributed by atoms with Crippen LogP contribution in [-0.2, 0) is 6.54 Å². The number of piperidine rings is 1. The topological polar surface area (TPSA) is 15.3 Å². The Labute approximate surface area is 132 Å². The van der Waals surface area contributed by atoms with Crippen molar-refractivity contribution in [3.63, 3.8) is 0 Å². The van der Waals surface area contributed by atoms with E-state index >= 15 is 0 Å². The minimum atomic E-state index is 0.690. The second-order valence-corrected chi connectivity index (χ2v) is 7.05. The van der Waals surface area contributed by atoms with Crippen molar-refractivity contribution < 1.29 is 0 Å². The first-order chi connectivity index (χ1) is 10.4. The highest BCUT2D eigenvalue weighted by atomic mass is 32.1. The maximum atomic E-state index is 3.69. The van der Waals surface area contributed by atoms with E-state index in [2.05, 4.69) is 46.8 Å². The Balaban J connectivity index is 1.69. The van der Waals surface area contributed by atoms with Gasteiger partial charge in [0.2, 0.25) is 0 Å². The minimum Gasteiger partial charge on any atom is -0.313 e. The summed E-state index contributed by atoms with van der Waals surface area (Å²) in [6.45, 7) is 6.97. The Morgan fingerprint density at radius 2 is 2.19 bits per heavy atom. The maximum Gasteiger partial charge on any atom is 0.0346 e. The lowest BCUT2D eigenvalue weighted by Gasteiger charge is -2.30. The number of hydrogen-bond donors (Lipinski definition) is 1. The molecule has 0 aliphatic carbocycles. The van der Waals surface area contributed by atoms with Crippen LogP contribution in [0.2, 0.25) is 0 Å². The summed E-state index contributed by atoms with van der Waals surface area (Å²) >= 11 is 1.88. The zero-order valence-electron chi connectivity index (χ0n) is 13.0. The summed E-state index contributed by atoms with van der Waals surface area (Å²) in [5, 5.41) is 7.48. The van der Waals surface area contributed by atoms with Crippen molar-refractivity contribution in [2.24, 2.45) is 0 Å². The van der Waals surface area contributed by atoms with E-state index in [9.17, 15) is 0 Å². The first kappa shape index (κ1) is 15.0. The van der Waals surface area contributed by atoms with Crippen LogP contribution < -0.4 is 5.32 Å². The minimum absolute atomic E-state index is 0.690. The first-order valence-corrected chi connectivity index (χ1v) is 9.15. The molecule has 3 heteroatoms. The third-order valence-corrected chi connectivity index (χ3v) is 5.40. The van der Waals surface area contributed by atoms with Crippen molar-refractivity contribution in [1.29, 1.82) is 0 Å². The lowest BCUT2D eigenvalue weighted by Crippen LogP contribution is -2.43. The van der Waals surface area contributed by atoms with E-state index in [-0.39, 0.29) is 0 Å². The molecule has 1 N–H and O–H groups in total. The van der Waals surface area contributed by atoms with Gasteiger partial charge < -0.3 is 5.32 Å². The fourth-order valence-electron chi connectivity index (χ4n) is 3.34. The molecule has 2 aromatic rings. The highest BCUT2D eigenvalue weighted by Gasteiger charge is 2.17. The highest BCUT2D eigenvalue weighted by Crippen LogP contribution is 2.27. The lowest BCUT2D eigenvalue weighted by molar-refractivity contribution is 0.218. The van der Waals surface area contributed by atoms with Crippen LogP contribution in [0.1, 0.15) is 38.2 Å².